The first kappa shape index (κ1) is 18.5. The highest BCUT2D eigenvalue weighted by Crippen LogP contribution is 2.25. The average Bonchev–Trinajstić information content (AvgIpc) is 2.62. The first-order valence-corrected chi connectivity index (χ1v) is 8.96. The first-order valence-electron chi connectivity index (χ1n) is 8.96. The molecule has 26 heavy (non-hydrogen) atoms. The van der Waals surface area contributed by atoms with Crippen LogP contribution >= 0.6 is 0 Å². The van der Waals surface area contributed by atoms with E-state index in [1.807, 2.05) is 29.2 Å². The molecule has 138 valence electrons. The van der Waals surface area contributed by atoms with Crippen molar-refractivity contribution < 1.29 is 13.6 Å². The third kappa shape index (κ3) is 3.63. The smallest absolute Gasteiger partial charge is 0.244 e. The Labute approximate surface area is 153 Å². The van der Waals surface area contributed by atoms with Gasteiger partial charge < -0.3 is 4.90 Å². The van der Waals surface area contributed by atoms with Crippen molar-refractivity contribution in [3.05, 3.63) is 65.2 Å². The quantitative estimate of drug-likeness (QED) is 0.812. The van der Waals surface area contributed by atoms with Gasteiger partial charge in [0.15, 0.2) is 0 Å². The lowest BCUT2D eigenvalue weighted by Gasteiger charge is -2.39. The summed E-state index contributed by atoms with van der Waals surface area (Å²) >= 11 is 0. The van der Waals surface area contributed by atoms with Gasteiger partial charge in [-0.15, -0.1) is 0 Å². The average molecular weight is 358 g/mol. The van der Waals surface area contributed by atoms with Crippen molar-refractivity contribution in [3.63, 3.8) is 0 Å². The number of amides is 1. The van der Waals surface area contributed by atoms with Gasteiger partial charge in [0, 0.05) is 30.9 Å². The second kappa shape index (κ2) is 7.54. The van der Waals surface area contributed by atoms with Gasteiger partial charge in [0.1, 0.15) is 11.6 Å². The number of carbonyl (C=O) groups excluding carboxylic acids is 1. The molecule has 0 aliphatic carbocycles. The second-order valence-corrected chi connectivity index (χ2v) is 7.08. The zero-order valence-corrected chi connectivity index (χ0v) is 15.4. The highest BCUT2D eigenvalue weighted by Gasteiger charge is 2.33. The Balaban J connectivity index is 1.74. The summed E-state index contributed by atoms with van der Waals surface area (Å²) < 4.78 is 27.8. The number of rotatable bonds is 4. The molecule has 0 radical (unpaired) electrons. The lowest BCUT2D eigenvalue weighted by Crippen LogP contribution is -2.55. The highest BCUT2D eigenvalue weighted by atomic mass is 19.1. The van der Waals surface area contributed by atoms with E-state index in [0.717, 1.165) is 5.69 Å². The number of hydrogen-bond donors (Lipinski definition) is 0. The molecule has 0 saturated carbocycles. The Morgan fingerprint density at radius 3 is 2.23 bits per heavy atom. The molecule has 0 bridgehead atoms. The third-order valence-electron chi connectivity index (χ3n) is 5.08. The maximum atomic E-state index is 13.9. The van der Waals surface area contributed by atoms with Gasteiger partial charge in [0.05, 0.1) is 6.04 Å². The van der Waals surface area contributed by atoms with E-state index in [0.29, 0.717) is 19.0 Å². The molecule has 0 aromatic heterocycles. The second-order valence-electron chi connectivity index (χ2n) is 7.08. The van der Waals surface area contributed by atoms with Crippen LogP contribution in [0.2, 0.25) is 0 Å². The van der Waals surface area contributed by atoms with Gasteiger partial charge in [-0.3, -0.25) is 9.69 Å². The molecular weight excluding hydrogens is 334 g/mol. The van der Waals surface area contributed by atoms with E-state index in [1.54, 1.807) is 11.8 Å². The van der Waals surface area contributed by atoms with Crippen LogP contribution in [0.5, 0.6) is 0 Å². The maximum absolute atomic E-state index is 13.9. The van der Waals surface area contributed by atoms with E-state index >= 15 is 0 Å². The number of hydrogen-bond acceptors (Lipinski definition) is 2. The molecule has 0 spiro atoms. The van der Waals surface area contributed by atoms with Gasteiger partial charge in [-0.1, -0.05) is 32.0 Å². The fourth-order valence-electron chi connectivity index (χ4n) is 3.31. The lowest BCUT2D eigenvalue weighted by molar-refractivity contribution is -0.125. The number of nitrogens with zero attached hydrogens (tertiary/aromatic N) is 2. The van der Waals surface area contributed by atoms with E-state index in [-0.39, 0.29) is 18.0 Å². The molecule has 1 fully saturated rings. The topological polar surface area (TPSA) is 23.6 Å². The van der Waals surface area contributed by atoms with Crippen LogP contribution in [0, 0.1) is 11.6 Å². The van der Waals surface area contributed by atoms with Crippen LogP contribution in [0.15, 0.2) is 42.5 Å². The number of halogens is 2. The van der Waals surface area contributed by atoms with Crippen LogP contribution in [0.1, 0.15) is 37.8 Å². The van der Waals surface area contributed by atoms with Crippen molar-refractivity contribution in [1.82, 2.24) is 4.90 Å². The minimum atomic E-state index is -0.573. The standard InChI is InChI=1S/C21H24F2N2O/c1-14(2)16-7-9-17(10-8-16)25-12-11-24(15(3)21(25)26)13-18-19(22)5-4-6-20(18)23/h4-10,14-15H,11-13H2,1-3H3/t15-/m0/s1. The zero-order valence-electron chi connectivity index (χ0n) is 15.4. The van der Waals surface area contributed by atoms with Crippen LogP contribution in [0.4, 0.5) is 14.5 Å². The number of benzene rings is 2. The summed E-state index contributed by atoms with van der Waals surface area (Å²) in [6, 6.07) is 11.4. The normalized spacial score (nSPS) is 18.6. The van der Waals surface area contributed by atoms with Crippen molar-refractivity contribution in [2.45, 2.75) is 39.3 Å². The van der Waals surface area contributed by atoms with Crippen LogP contribution in [-0.4, -0.2) is 29.9 Å². The summed E-state index contributed by atoms with van der Waals surface area (Å²) in [5.41, 5.74) is 2.10. The minimum absolute atomic E-state index is 0.0156. The van der Waals surface area contributed by atoms with Gasteiger partial charge in [-0.25, -0.2) is 8.78 Å². The van der Waals surface area contributed by atoms with E-state index in [4.69, 9.17) is 0 Å². The summed E-state index contributed by atoms with van der Waals surface area (Å²) in [6.45, 7) is 7.19. The largest absolute Gasteiger partial charge is 0.310 e. The molecule has 1 aliphatic heterocycles. The van der Waals surface area contributed by atoms with Crippen LogP contribution in [-0.2, 0) is 11.3 Å². The van der Waals surface area contributed by atoms with Gasteiger partial charge in [0.25, 0.3) is 0 Å². The molecule has 2 aromatic carbocycles. The molecule has 1 heterocycles. The fraction of sp³-hybridized carbons (Fsp3) is 0.381. The van der Waals surface area contributed by atoms with E-state index < -0.39 is 17.7 Å². The van der Waals surface area contributed by atoms with Crippen molar-refractivity contribution in [2.24, 2.45) is 0 Å². The van der Waals surface area contributed by atoms with E-state index in [9.17, 15) is 13.6 Å². The Morgan fingerprint density at radius 2 is 1.65 bits per heavy atom. The number of anilines is 1. The fourth-order valence-corrected chi connectivity index (χ4v) is 3.31. The molecule has 1 amide bonds. The molecule has 0 N–H and O–H groups in total. The SMILES string of the molecule is CC(C)c1ccc(N2CCN(Cc3c(F)cccc3F)[C@@H](C)C2=O)cc1. The monoisotopic (exact) mass is 358 g/mol. The molecule has 1 aliphatic rings. The van der Waals surface area contributed by atoms with Gasteiger partial charge >= 0.3 is 0 Å². The molecule has 3 rings (SSSR count). The van der Waals surface area contributed by atoms with Crippen molar-refractivity contribution >= 4 is 11.6 Å². The molecule has 5 heteroatoms. The Bertz CT molecular complexity index is 769. The predicted octanol–water partition coefficient (Wildman–Crippen LogP) is 4.33. The predicted molar refractivity (Wildman–Crippen MR) is 99.1 cm³/mol. The van der Waals surface area contributed by atoms with Crippen LogP contribution < -0.4 is 4.90 Å². The van der Waals surface area contributed by atoms with Crippen molar-refractivity contribution in [3.8, 4) is 0 Å². The third-order valence-corrected chi connectivity index (χ3v) is 5.08. The zero-order chi connectivity index (χ0) is 18.8. The molecule has 0 unspecified atom stereocenters. The molecular formula is C21H24F2N2O. The summed E-state index contributed by atoms with van der Waals surface area (Å²) in [5, 5.41) is 0. The van der Waals surface area contributed by atoms with Crippen molar-refractivity contribution in [2.75, 3.05) is 18.0 Å². The Hall–Kier alpha value is -2.27. The summed E-state index contributed by atoms with van der Waals surface area (Å²) in [7, 11) is 0. The van der Waals surface area contributed by atoms with E-state index in [2.05, 4.69) is 13.8 Å². The Morgan fingerprint density at radius 1 is 1.04 bits per heavy atom. The van der Waals surface area contributed by atoms with Crippen LogP contribution in [0.3, 0.4) is 0 Å². The molecule has 1 saturated heterocycles. The van der Waals surface area contributed by atoms with Crippen molar-refractivity contribution in [1.29, 1.82) is 0 Å². The highest BCUT2D eigenvalue weighted by molar-refractivity contribution is 5.97. The summed E-state index contributed by atoms with van der Waals surface area (Å²) in [6.07, 6.45) is 0. The Kier molecular flexibility index (Phi) is 5.37. The number of carbonyl (C=O) groups is 1. The maximum Gasteiger partial charge on any atom is 0.244 e. The van der Waals surface area contributed by atoms with Gasteiger partial charge in [-0.2, -0.15) is 0 Å². The number of piperazine rings is 1. The summed E-state index contributed by atoms with van der Waals surface area (Å²) in [4.78, 5) is 16.4. The lowest BCUT2D eigenvalue weighted by atomic mass is 10.0. The van der Waals surface area contributed by atoms with E-state index in [1.165, 1.54) is 23.8 Å². The van der Waals surface area contributed by atoms with Gasteiger partial charge in [0.2, 0.25) is 5.91 Å². The molecule has 1 atom stereocenters. The molecule has 3 nitrogen and oxygen atoms in total. The summed E-state index contributed by atoms with van der Waals surface area (Å²) in [5.74, 6) is -0.760. The molecule has 2 aromatic rings. The van der Waals surface area contributed by atoms with Gasteiger partial charge in [-0.05, 0) is 42.7 Å². The first-order chi connectivity index (χ1) is 12.4. The van der Waals surface area contributed by atoms with Crippen LogP contribution in [0.25, 0.3) is 0 Å². The minimum Gasteiger partial charge on any atom is -0.310 e.